The van der Waals surface area contributed by atoms with Crippen LogP contribution in [0.1, 0.15) is 49.0 Å². The van der Waals surface area contributed by atoms with Gasteiger partial charge in [0.15, 0.2) is 11.6 Å². The molecule has 4 atom stereocenters. The van der Waals surface area contributed by atoms with Crippen LogP contribution in [0.15, 0.2) is 103 Å². The number of ketones is 2. The van der Waals surface area contributed by atoms with Gasteiger partial charge in [0, 0.05) is 17.5 Å². The highest BCUT2D eigenvalue weighted by Crippen LogP contribution is 2.62. The smallest absolute Gasteiger partial charge is 0.238 e. The number of amides is 1. The van der Waals surface area contributed by atoms with E-state index in [4.69, 9.17) is 4.74 Å². The molecule has 1 amide bonds. The van der Waals surface area contributed by atoms with Gasteiger partial charge in [0.05, 0.1) is 24.6 Å². The molecule has 0 radical (unpaired) electrons. The topological polar surface area (TPSA) is 75.7 Å². The molecule has 3 aliphatic heterocycles. The van der Waals surface area contributed by atoms with Crippen LogP contribution in [0.5, 0.6) is 5.75 Å². The van der Waals surface area contributed by atoms with E-state index in [1.165, 1.54) is 7.11 Å². The average Bonchev–Trinajstić information content (AvgIpc) is 3.49. The number of fused-ring (bicyclic) bond motifs is 6. The Hall–Kier alpha value is -4.97. The molecule has 1 saturated heterocycles. The molecule has 0 unspecified atom stereocenters. The summed E-state index contributed by atoms with van der Waals surface area (Å²) in [5, 5.41) is 3.08. The molecule has 1 spiro atoms. The van der Waals surface area contributed by atoms with Crippen molar-refractivity contribution in [3.8, 4) is 5.75 Å². The number of benzene rings is 4. The first kappa shape index (κ1) is 25.0. The van der Waals surface area contributed by atoms with Crippen LogP contribution in [0.2, 0.25) is 0 Å². The number of hydrogen-bond acceptors (Lipinski definition) is 5. The van der Waals surface area contributed by atoms with Crippen molar-refractivity contribution in [2.24, 2.45) is 5.92 Å². The number of methoxy groups -OCH3 is 1. The van der Waals surface area contributed by atoms with Gasteiger partial charge in [-0.1, -0.05) is 84.4 Å². The van der Waals surface area contributed by atoms with Crippen LogP contribution < -0.4 is 10.1 Å². The summed E-state index contributed by atoms with van der Waals surface area (Å²) in [6.45, 7) is 1.96. The Bertz CT molecular complexity index is 1760. The van der Waals surface area contributed by atoms with Gasteiger partial charge in [-0.25, -0.2) is 0 Å². The number of carbonyl (C=O) groups excluding carboxylic acids is 3. The van der Waals surface area contributed by atoms with Crippen molar-refractivity contribution in [3.05, 3.63) is 137 Å². The van der Waals surface area contributed by atoms with Crippen LogP contribution in [0.25, 0.3) is 6.08 Å². The number of ether oxygens (including phenoxy) is 1. The SMILES string of the molecule is COc1ccccc1C(=O)[C@@H]1[C@@H](C(=O)c2ccc(C)cc2)[C@@]2(C(=O)Nc3ccccc32)[C@H]2c3ccccc3C=CN12. The van der Waals surface area contributed by atoms with Crippen LogP contribution in [-0.4, -0.2) is 35.5 Å². The second-order valence-electron chi connectivity index (χ2n) is 10.9. The molecule has 3 heterocycles. The minimum absolute atomic E-state index is 0.245. The van der Waals surface area contributed by atoms with Crippen molar-refractivity contribution in [1.29, 1.82) is 0 Å². The molecule has 3 aliphatic rings. The zero-order chi connectivity index (χ0) is 28.3. The molecule has 0 bridgehead atoms. The second kappa shape index (κ2) is 9.30. The molecule has 6 heteroatoms. The molecule has 6 nitrogen and oxygen atoms in total. The third-order valence-electron chi connectivity index (χ3n) is 8.83. The monoisotopic (exact) mass is 540 g/mol. The molecular formula is C35H28N2O4. The number of para-hydroxylation sites is 2. The molecule has 202 valence electrons. The first-order chi connectivity index (χ1) is 20.0. The first-order valence-corrected chi connectivity index (χ1v) is 13.7. The highest BCUT2D eigenvalue weighted by atomic mass is 16.5. The molecule has 0 aliphatic carbocycles. The average molecular weight is 541 g/mol. The van der Waals surface area contributed by atoms with E-state index in [1.54, 1.807) is 36.4 Å². The van der Waals surface area contributed by atoms with Crippen LogP contribution >= 0.6 is 0 Å². The van der Waals surface area contributed by atoms with Gasteiger partial charge in [0.2, 0.25) is 5.91 Å². The lowest BCUT2D eigenvalue weighted by Gasteiger charge is -2.38. The summed E-state index contributed by atoms with van der Waals surface area (Å²) in [5.41, 5.74) is 3.74. The van der Waals surface area contributed by atoms with E-state index in [9.17, 15) is 14.4 Å². The summed E-state index contributed by atoms with van der Waals surface area (Å²) >= 11 is 0. The third-order valence-corrected chi connectivity index (χ3v) is 8.83. The number of carbonyl (C=O) groups is 3. The van der Waals surface area contributed by atoms with E-state index in [0.29, 0.717) is 22.6 Å². The van der Waals surface area contributed by atoms with Gasteiger partial charge in [-0.05, 0) is 47.9 Å². The van der Waals surface area contributed by atoms with Gasteiger partial charge < -0.3 is 15.0 Å². The zero-order valence-corrected chi connectivity index (χ0v) is 22.7. The Morgan fingerprint density at radius 3 is 2.37 bits per heavy atom. The van der Waals surface area contributed by atoms with Crippen molar-refractivity contribution >= 4 is 29.2 Å². The van der Waals surface area contributed by atoms with Crippen molar-refractivity contribution in [3.63, 3.8) is 0 Å². The second-order valence-corrected chi connectivity index (χ2v) is 10.9. The minimum atomic E-state index is -1.36. The maximum Gasteiger partial charge on any atom is 0.238 e. The quantitative estimate of drug-likeness (QED) is 0.315. The summed E-state index contributed by atoms with van der Waals surface area (Å²) in [7, 11) is 1.53. The number of nitrogens with zero attached hydrogens (tertiary/aromatic N) is 1. The van der Waals surface area contributed by atoms with Crippen molar-refractivity contribution in [2.45, 2.75) is 24.4 Å². The lowest BCUT2D eigenvalue weighted by Crippen LogP contribution is -2.49. The normalized spacial score (nSPS) is 23.5. The zero-order valence-electron chi connectivity index (χ0n) is 22.7. The predicted octanol–water partition coefficient (Wildman–Crippen LogP) is 5.99. The van der Waals surface area contributed by atoms with Gasteiger partial charge in [-0.2, -0.15) is 0 Å². The summed E-state index contributed by atoms with van der Waals surface area (Å²) < 4.78 is 5.58. The third kappa shape index (κ3) is 3.46. The molecule has 1 N–H and O–H groups in total. The first-order valence-electron chi connectivity index (χ1n) is 13.7. The fourth-order valence-electron chi connectivity index (χ4n) is 7.07. The number of nitrogens with one attached hydrogen (secondary N) is 1. The van der Waals surface area contributed by atoms with Crippen molar-refractivity contribution in [2.75, 3.05) is 12.4 Å². The molecule has 0 aromatic heterocycles. The highest BCUT2D eigenvalue weighted by molar-refractivity contribution is 6.17. The lowest BCUT2D eigenvalue weighted by molar-refractivity contribution is -0.122. The molecule has 1 fully saturated rings. The molecule has 7 rings (SSSR count). The number of Topliss-reactive ketones (excluding diaryl/α,β-unsaturated/α-hetero) is 2. The maximum absolute atomic E-state index is 14.8. The van der Waals surface area contributed by atoms with E-state index < -0.39 is 23.4 Å². The number of anilines is 1. The van der Waals surface area contributed by atoms with Gasteiger partial charge in [0.1, 0.15) is 17.2 Å². The van der Waals surface area contributed by atoms with Gasteiger partial charge in [-0.15, -0.1) is 0 Å². The Morgan fingerprint density at radius 1 is 0.854 bits per heavy atom. The standard InChI is InChI=1S/C35H28N2O4/c1-21-15-17-23(18-16-21)31(38)29-30(32(39)25-11-5-8-14-28(25)41-2)37-20-19-22-9-3-4-10-24(22)33(37)35(29)26-12-6-7-13-27(26)36-34(35)40/h3-20,29-30,33H,1-2H3,(H,36,40)/t29-,30-,33+,35+/m0/s1. The van der Waals surface area contributed by atoms with Crippen LogP contribution in [0.3, 0.4) is 0 Å². The molecule has 41 heavy (non-hydrogen) atoms. The Kier molecular flexibility index (Phi) is 5.68. The fraction of sp³-hybridized carbons (Fsp3) is 0.171. The number of hydrogen-bond donors (Lipinski definition) is 1. The molecule has 0 saturated carbocycles. The Morgan fingerprint density at radius 2 is 1.56 bits per heavy atom. The summed E-state index contributed by atoms with van der Waals surface area (Å²) in [5.74, 6) is -1.39. The molecule has 4 aromatic carbocycles. The number of aryl methyl sites for hydroxylation is 1. The van der Waals surface area contributed by atoms with Gasteiger partial charge >= 0.3 is 0 Å². The summed E-state index contributed by atoms with van der Waals surface area (Å²) in [6, 6.07) is 28.3. The van der Waals surface area contributed by atoms with E-state index in [1.807, 2.05) is 84.8 Å². The highest BCUT2D eigenvalue weighted by Gasteiger charge is 2.70. The van der Waals surface area contributed by atoms with E-state index in [2.05, 4.69) is 5.32 Å². The van der Waals surface area contributed by atoms with Crippen molar-refractivity contribution < 1.29 is 19.1 Å². The minimum Gasteiger partial charge on any atom is -0.496 e. The van der Waals surface area contributed by atoms with E-state index in [0.717, 1.165) is 22.3 Å². The lowest BCUT2D eigenvalue weighted by atomic mass is 9.62. The van der Waals surface area contributed by atoms with Crippen molar-refractivity contribution in [1.82, 2.24) is 4.90 Å². The molecule has 4 aromatic rings. The van der Waals surface area contributed by atoms with Crippen LogP contribution in [0.4, 0.5) is 5.69 Å². The molecular weight excluding hydrogens is 512 g/mol. The largest absolute Gasteiger partial charge is 0.496 e. The van der Waals surface area contributed by atoms with E-state index >= 15 is 0 Å². The summed E-state index contributed by atoms with van der Waals surface area (Å²) in [6.07, 6.45) is 3.84. The Balaban J connectivity index is 1.54. The fourth-order valence-corrected chi connectivity index (χ4v) is 7.07. The number of rotatable bonds is 5. The maximum atomic E-state index is 14.8. The van der Waals surface area contributed by atoms with Crippen LogP contribution in [-0.2, 0) is 10.2 Å². The van der Waals surface area contributed by atoms with Gasteiger partial charge in [0.25, 0.3) is 0 Å². The Labute approximate surface area is 238 Å². The van der Waals surface area contributed by atoms with Gasteiger partial charge in [-0.3, -0.25) is 14.4 Å². The van der Waals surface area contributed by atoms with Crippen LogP contribution in [0, 0.1) is 12.8 Å². The predicted molar refractivity (Wildman–Crippen MR) is 157 cm³/mol. The summed E-state index contributed by atoms with van der Waals surface area (Å²) in [4.78, 5) is 46.0. The van der Waals surface area contributed by atoms with E-state index in [-0.39, 0.29) is 17.5 Å².